The van der Waals surface area contributed by atoms with Crippen molar-refractivity contribution in [1.29, 1.82) is 0 Å². The van der Waals surface area contributed by atoms with Gasteiger partial charge < -0.3 is 4.74 Å². The van der Waals surface area contributed by atoms with Gasteiger partial charge in [0.15, 0.2) is 0 Å². The monoisotopic (exact) mass is 380 g/mol. The van der Waals surface area contributed by atoms with Crippen molar-refractivity contribution in [2.75, 3.05) is 0 Å². The van der Waals surface area contributed by atoms with E-state index in [1.54, 1.807) is 0 Å². The Kier molecular flexibility index (Phi) is 4.55. The molecule has 2 heteroatoms. The normalized spacial score (nSPS) is 11.8. The molecule has 5 rings (SSSR count). The predicted octanol–water partition coefficient (Wildman–Crippen LogP) is 7.61. The molecule has 0 heterocycles. The van der Waals surface area contributed by atoms with Crippen molar-refractivity contribution in [3.8, 4) is 5.75 Å². The van der Waals surface area contributed by atoms with E-state index in [0.717, 1.165) is 36.5 Å². The summed E-state index contributed by atoms with van der Waals surface area (Å²) in [6.07, 6.45) is 4.76. The Balaban J connectivity index is 1.71. The van der Waals surface area contributed by atoms with E-state index in [4.69, 9.17) is 4.74 Å². The summed E-state index contributed by atoms with van der Waals surface area (Å²) >= 11 is 0. The van der Waals surface area contributed by atoms with Crippen LogP contribution in [0.3, 0.4) is 0 Å². The van der Waals surface area contributed by atoms with Gasteiger partial charge in [-0.25, -0.2) is 0 Å². The number of unbranched alkanes of at least 4 members (excludes halogenated alkanes) is 3. The molecule has 144 valence electrons. The highest BCUT2D eigenvalue weighted by molar-refractivity contribution is 6.34. The number of ether oxygens (including phenoxy) is 1. The molecule has 0 atom stereocenters. The maximum absolute atomic E-state index is 12.5. The maximum atomic E-state index is 12.5. The molecule has 2 nitrogen and oxygen atoms in total. The number of rotatable bonds is 6. The highest BCUT2D eigenvalue weighted by Crippen LogP contribution is 2.43. The SMILES string of the molecule is CCCCCCC(=O)Oc1ccc2cccc3c4cccc5cccc(c1c23)c54. The largest absolute Gasteiger partial charge is 0.426 e. The number of hydrogen-bond donors (Lipinski definition) is 0. The first-order valence-corrected chi connectivity index (χ1v) is 10.6. The molecule has 0 aliphatic heterocycles. The first kappa shape index (κ1) is 17.9. The molecule has 0 fully saturated rings. The van der Waals surface area contributed by atoms with Gasteiger partial charge in [0.2, 0.25) is 0 Å². The molecule has 0 saturated carbocycles. The van der Waals surface area contributed by atoms with E-state index in [9.17, 15) is 4.79 Å². The minimum atomic E-state index is -0.139. The predicted molar refractivity (Wildman–Crippen MR) is 122 cm³/mol. The molecule has 0 aromatic heterocycles. The van der Waals surface area contributed by atoms with Gasteiger partial charge in [-0.3, -0.25) is 4.79 Å². The molecule has 0 aliphatic carbocycles. The van der Waals surface area contributed by atoms with E-state index < -0.39 is 0 Å². The molecule has 0 N–H and O–H groups in total. The first-order chi connectivity index (χ1) is 14.3. The van der Waals surface area contributed by atoms with Crippen molar-refractivity contribution < 1.29 is 9.53 Å². The maximum Gasteiger partial charge on any atom is 0.311 e. The molecule has 0 amide bonds. The van der Waals surface area contributed by atoms with Crippen molar-refractivity contribution in [1.82, 2.24) is 0 Å². The summed E-state index contributed by atoms with van der Waals surface area (Å²) in [6, 6.07) is 23.3. The van der Waals surface area contributed by atoms with Crippen LogP contribution >= 0.6 is 0 Å². The van der Waals surface area contributed by atoms with Gasteiger partial charge >= 0.3 is 5.97 Å². The third-order valence-electron chi connectivity index (χ3n) is 5.93. The molecule has 29 heavy (non-hydrogen) atoms. The van der Waals surface area contributed by atoms with Crippen LogP contribution in [0.1, 0.15) is 39.0 Å². The quantitative estimate of drug-likeness (QED) is 0.0996. The van der Waals surface area contributed by atoms with Gasteiger partial charge in [-0.2, -0.15) is 0 Å². The zero-order chi connectivity index (χ0) is 19.8. The summed E-state index contributed by atoms with van der Waals surface area (Å²) in [7, 11) is 0. The van der Waals surface area contributed by atoms with Crippen LogP contribution < -0.4 is 4.74 Å². The van der Waals surface area contributed by atoms with Gasteiger partial charge in [0.25, 0.3) is 0 Å². The lowest BCUT2D eigenvalue weighted by molar-refractivity contribution is -0.134. The van der Waals surface area contributed by atoms with Crippen LogP contribution in [0.5, 0.6) is 5.75 Å². The summed E-state index contributed by atoms with van der Waals surface area (Å²) in [5.74, 6) is 0.535. The van der Waals surface area contributed by atoms with E-state index in [2.05, 4.69) is 67.6 Å². The Morgan fingerprint density at radius 3 is 2.07 bits per heavy atom. The number of carbonyl (C=O) groups excluding carboxylic acids is 1. The molecule has 0 spiro atoms. The van der Waals surface area contributed by atoms with Crippen LogP contribution in [0.25, 0.3) is 43.1 Å². The smallest absolute Gasteiger partial charge is 0.311 e. The average Bonchev–Trinajstić information content (AvgIpc) is 2.75. The Hall–Kier alpha value is -3.13. The van der Waals surface area contributed by atoms with Gasteiger partial charge in [-0.05, 0) is 44.8 Å². The van der Waals surface area contributed by atoms with Crippen molar-refractivity contribution in [2.24, 2.45) is 0 Å². The third-order valence-corrected chi connectivity index (χ3v) is 5.93. The Morgan fingerprint density at radius 2 is 1.34 bits per heavy atom. The molecular formula is C27H24O2. The van der Waals surface area contributed by atoms with Crippen molar-refractivity contribution in [3.63, 3.8) is 0 Å². The fourth-order valence-electron chi connectivity index (χ4n) is 4.58. The summed E-state index contributed by atoms with van der Waals surface area (Å²) in [5.41, 5.74) is 0. The standard InChI is InChI=1S/C27H24O2/c1-2-3-4-5-15-24(28)29-23-17-16-19-11-7-13-21-20-12-6-9-18-10-8-14-22(25(18)20)27(23)26(19)21/h6-14,16-17H,2-5,15H2,1H3. The molecule has 5 aromatic carbocycles. The number of esters is 1. The molecular weight excluding hydrogens is 356 g/mol. The van der Waals surface area contributed by atoms with Crippen LogP contribution in [0.2, 0.25) is 0 Å². The Morgan fingerprint density at radius 1 is 0.690 bits per heavy atom. The van der Waals surface area contributed by atoms with E-state index in [0.29, 0.717) is 12.2 Å². The molecule has 0 aliphatic rings. The van der Waals surface area contributed by atoms with Crippen molar-refractivity contribution >= 4 is 49.1 Å². The van der Waals surface area contributed by atoms with Gasteiger partial charge in [-0.15, -0.1) is 0 Å². The minimum Gasteiger partial charge on any atom is -0.426 e. The van der Waals surface area contributed by atoms with E-state index in [-0.39, 0.29) is 5.97 Å². The number of fused-ring (bicyclic) bond motifs is 2. The highest BCUT2D eigenvalue weighted by atomic mass is 16.5. The lowest BCUT2D eigenvalue weighted by atomic mass is 9.89. The summed E-state index contributed by atoms with van der Waals surface area (Å²) in [6.45, 7) is 2.17. The summed E-state index contributed by atoms with van der Waals surface area (Å²) < 4.78 is 5.92. The van der Waals surface area contributed by atoms with Crippen molar-refractivity contribution in [2.45, 2.75) is 39.0 Å². The second-order valence-corrected chi connectivity index (χ2v) is 7.84. The Labute approximate surface area is 170 Å². The van der Waals surface area contributed by atoms with E-state index >= 15 is 0 Å². The first-order valence-electron chi connectivity index (χ1n) is 10.6. The molecule has 0 bridgehead atoms. The second-order valence-electron chi connectivity index (χ2n) is 7.84. The molecule has 0 unspecified atom stereocenters. The minimum absolute atomic E-state index is 0.139. The lowest BCUT2D eigenvalue weighted by Crippen LogP contribution is -2.08. The topological polar surface area (TPSA) is 26.3 Å². The highest BCUT2D eigenvalue weighted by Gasteiger charge is 2.17. The lowest BCUT2D eigenvalue weighted by Gasteiger charge is -2.17. The number of carbonyl (C=O) groups is 1. The third kappa shape index (κ3) is 3.00. The van der Waals surface area contributed by atoms with Crippen LogP contribution in [0.4, 0.5) is 0 Å². The van der Waals surface area contributed by atoms with Gasteiger partial charge in [0.05, 0.1) is 0 Å². The van der Waals surface area contributed by atoms with E-state index in [1.807, 2.05) is 6.07 Å². The molecule has 0 saturated heterocycles. The van der Waals surface area contributed by atoms with Crippen LogP contribution in [0, 0.1) is 0 Å². The van der Waals surface area contributed by atoms with Gasteiger partial charge in [-0.1, -0.05) is 86.8 Å². The van der Waals surface area contributed by atoms with Crippen LogP contribution in [-0.2, 0) is 4.79 Å². The van der Waals surface area contributed by atoms with Crippen LogP contribution in [0.15, 0.2) is 66.7 Å². The summed E-state index contributed by atoms with van der Waals surface area (Å²) in [5, 5.41) is 9.45. The van der Waals surface area contributed by atoms with Crippen LogP contribution in [-0.4, -0.2) is 5.97 Å². The average molecular weight is 380 g/mol. The Bertz CT molecular complexity index is 1330. The van der Waals surface area contributed by atoms with E-state index in [1.165, 1.54) is 32.3 Å². The zero-order valence-electron chi connectivity index (χ0n) is 16.7. The van der Waals surface area contributed by atoms with Crippen molar-refractivity contribution in [3.05, 3.63) is 66.7 Å². The van der Waals surface area contributed by atoms with Gasteiger partial charge in [0, 0.05) is 17.2 Å². The zero-order valence-corrected chi connectivity index (χ0v) is 16.7. The molecule has 0 radical (unpaired) electrons. The van der Waals surface area contributed by atoms with Gasteiger partial charge in [0.1, 0.15) is 5.75 Å². The summed E-state index contributed by atoms with van der Waals surface area (Å²) in [4.78, 5) is 12.5. The number of benzene rings is 5. The number of hydrogen-bond acceptors (Lipinski definition) is 2. The fourth-order valence-corrected chi connectivity index (χ4v) is 4.58. The fraction of sp³-hybridized carbons (Fsp3) is 0.222. The second kappa shape index (κ2) is 7.36. The molecule has 5 aromatic rings.